The molecular formula is C16H23ClN4O2. The summed E-state index contributed by atoms with van der Waals surface area (Å²) in [5.41, 5.74) is 1.82. The number of methoxy groups -OCH3 is 1. The molecule has 0 aliphatic carbocycles. The lowest BCUT2D eigenvalue weighted by Crippen LogP contribution is -2.37. The summed E-state index contributed by atoms with van der Waals surface area (Å²) < 4.78 is 7.02. The number of hydrogen-bond donors (Lipinski definition) is 1. The minimum atomic E-state index is -0.409. The SMILES string of the molecule is CNC(C(=O)N(C)Cc1ccccc1OC)c1cnn(C)c1.Cl. The van der Waals surface area contributed by atoms with Crippen LogP contribution in [0.2, 0.25) is 0 Å². The van der Waals surface area contributed by atoms with E-state index in [9.17, 15) is 4.79 Å². The van der Waals surface area contributed by atoms with Gasteiger partial charge < -0.3 is 15.0 Å². The summed E-state index contributed by atoms with van der Waals surface area (Å²) in [6, 6.07) is 7.29. The van der Waals surface area contributed by atoms with E-state index in [2.05, 4.69) is 10.4 Å². The highest BCUT2D eigenvalue weighted by atomic mass is 35.5. The largest absolute Gasteiger partial charge is 0.496 e. The van der Waals surface area contributed by atoms with Crippen LogP contribution in [0.3, 0.4) is 0 Å². The van der Waals surface area contributed by atoms with E-state index < -0.39 is 6.04 Å². The van der Waals surface area contributed by atoms with Crippen molar-refractivity contribution in [3.05, 3.63) is 47.8 Å². The Labute approximate surface area is 142 Å². The van der Waals surface area contributed by atoms with Crippen molar-refractivity contribution in [2.75, 3.05) is 21.2 Å². The van der Waals surface area contributed by atoms with Crippen LogP contribution in [-0.4, -0.2) is 41.8 Å². The molecule has 1 aromatic heterocycles. The van der Waals surface area contributed by atoms with Gasteiger partial charge in [0.1, 0.15) is 11.8 Å². The highest BCUT2D eigenvalue weighted by Crippen LogP contribution is 2.21. The van der Waals surface area contributed by atoms with Crippen molar-refractivity contribution in [2.45, 2.75) is 12.6 Å². The third-order valence-corrected chi connectivity index (χ3v) is 3.57. The van der Waals surface area contributed by atoms with Crippen molar-refractivity contribution in [1.82, 2.24) is 20.0 Å². The van der Waals surface area contributed by atoms with E-state index in [1.165, 1.54) is 0 Å². The Balaban J connectivity index is 0.00000264. The molecular weight excluding hydrogens is 316 g/mol. The van der Waals surface area contributed by atoms with E-state index in [4.69, 9.17) is 4.74 Å². The van der Waals surface area contributed by atoms with Crippen LogP contribution in [0.15, 0.2) is 36.7 Å². The van der Waals surface area contributed by atoms with Gasteiger partial charge in [-0.2, -0.15) is 5.10 Å². The van der Waals surface area contributed by atoms with Gasteiger partial charge in [0.2, 0.25) is 5.91 Å². The molecule has 126 valence electrons. The lowest BCUT2D eigenvalue weighted by atomic mass is 10.1. The first kappa shape index (κ1) is 19.0. The van der Waals surface area contributed by atoms with Crippen molar-refractivity contribution in [3.8, 4) is 5.75 Å². The number of carbonyl (C=O) groups excluding carboxylic acids is 1. The highest BCUT2D eigenvalue weighted by molar-refractivity contribution is 5.85. The number of hydrogen-bond acceptors (Lipinski definition) is 4. The number of amides is 1. The van der Waals surface area contributed by atoms with Crippen LogP contribution >= 0.6 is 12.4 Å². The van der Waals surface area contributed by atoms with Gasteiger partial charge in [-0.15, -0.1) is 12.4 Å². The maximum atomic E-state index is 12.7. The van der Waals surface area contributed by atoms with E-state index >= 15 is 0 Å². The number of rotatable bonds is 6. The van der Waals surface area contributed by atoms with E-state index in [0.717, 1.165) is 16.9 Å². The van der Waals surface area contributed by atoms with Crippen LogP contribution in [0.25, 0.3) is 0 Å². The lowest BCUT2D eigenvalue weighted by molar-refractivity contribution is -0.132. The molecule has 1 amide bonds. The number of ether oxygens (including phenoxy) is 1. The maximum absolute atomic E-state index is 12.7. The highest BCUT2D eigenvalue weighted by Gasteiger charge is 2.24. The van der Waals surface area contributed by atoms with Gasteiger partial charge in [-0.05, 0) is 13.1 Å². The molecule has 6 nitrogen and oxygen atoms in total. The van der Waals surface area contributed by atoms with E-state index in [-0.39, 0.29) is 18.3 Å². The van der Waals surface area contributed by atoms with Gasteiger partial charge in [0, 0.05) is 38.0 Å². The molecule has 23 heavy (non-hydrogen) atoms. The van der Waals surface area contributed by atoms with Crippen LogP contribution < -0.4 is 10.1 Å². The van der Waals surface area contributed by atoms with Crippen molar-refractivity contribution in [3.63, 3.8) is 0 Å². The molecule has 1 aromatic carbocycles. The minimum Gasteiger partial charge on any atom is -0.496 e. The Hall–Kier alpha value is -2.05. The summed E-state index contributed by atoms with van der Waals surface area (Å²) in [7, 11) is 7.02. The summed E-state index contributed by atoms with van der Waals surface area (Å²) >= 11 is 0. The van der Waals surface area contributed by atoms with Crippen LogP contribution in [0.5, 0.6) is 5.75 Å². The van der Waals surface area contributed by atoms with Gasteiger partial charge in [0.05, 0.1) is 13.3 Å². The molecule has 2 rings (SSSR count). The van der Waals surface area contributed by atoms with Crippen molar-refractivity contribution < 1.29 is 9.53 Å². The Bertz CT molecular complexity index is 645. The van der Waals surface area contributed by atoms with Gasteiger partial charge in [-0.25, -0.2) is 0 Å². The lowest BCUT2D eigenvalue weighted by Gasteiger charge is -2.23. The predicted octanol–water partition coefficient (Wildman–Crippen LogP) is 1.77. The second kappa shape index (κ2) is 8.55. The van der Waals surface area contributed by atoms with Crippen molar-refractivity contribution >= 4 is 18.3 Å². The first-order valence-electron chi connectivity index (χ1n) is 7.09. The first-order valence-corrected chi connectivity index (χ1v) is 7.09. The second-order valence-corrected chi connectivity index (χ2v) is 5.18. The molecule has 0 bridgehead atoms. The number of nitrogens with zero attached hydrogens (tertiary/aromatic N) is 3. The summed E-state index contributed by atoms with van der Waals surface area (Å²) in [6.45, 7) is 0.487. The Morgan fingerprint density at radius 1 is 1.43 bits per heavy atom. The number of aromatic nitrogens is 2. The van der Waals surface area contributed by atoms with Crippen molar-refractivity contribution in [2.24, 2.45) is 7.05 Å². The minimum absolute atomic E-state index is 0. The zero-order valence-corrected chi connectivity index (χ0v) is 14.6. The van der Waals surface area contributed by atoms with Gasteiger partial charge >= 0.3 is 0 Å². The van der Waals surface area contributed by atoms with Gasteiger partial charge in [0.25, 0.3) is 0 Å². The maximum Gasteiger partial charge on any atom is 0.244 e. The molecule has 2 aromatic rings. The Morgan fingerprint density at radius 2 is 2.13 bits per heavy atom. The predicted molar refractivity (Wildman–Crippen MR) is 91.7 cm³/mol. The molecule has 0 aliphatic rings. The molecule has 0 radical (unpaired) electrons. The molecule has 0 saturated carbocycles. The Kier molecular flexibility index (Phi) is 7.06. The summed E-state index contributed by atoms with van der Waals surface area (Å²) in [4.78, 5) is 14.4. The van der Waals surface area contributed by atoms with Crippen LogP contribution in [0.4, 0.5) is 0 Å². The summed E-state index contributed by atoms with van der Waals surface area (Å²) in [6.07, 6.45) is 3.55. The second-order valence-electron chi connectivity index (χ2n) is 5.18. The normalized spacial score (nSPS) is 11.5. The van der Waals surface area contributed by atoms with Crippen LogP contribution in [0.1, 0.15) is 17.2 Å². The fourth-order valence-corrected chi connectivity index (χ4v) is 2.41. The van der Waals surface area contributed by atoms with Gasteiger partial charge in [0.15, 0.2) is 0 Å². The number of benzene rings is 1. The fraction of sp³-hybridized carbons (Fsp3) is 0.375. The molecule has 0 saturated heterocycles. The standard InChI is InChI=1S/C16H22N4O2.ClH/c1-17-15(13-9-18-20(3)11-13)16(21)19(2)10-12-7-5-6-8-14(12)22-4;/h5-9,11,15,17H,10H2,1-4H3;1H. The molecule has 0 fully saturated rings. The monoisotopic (exact) mass is 338 g/mol. The van der Waals surface area contributed by atoms with E-state index in [0.29, 0.717) is 6.54 Å². The average molecular weight is 339 g/mol. The number of halogens is 1. The Morgan fingerprint density at radius 3 is 2.70 bits per heavy atom. The number of aryl methyl sites for hydroxylation is 1. The van der Waals surface area contributed by atoms with Gasteiger partial charge in [-0.3, -0.25) is 9.48 Å². The van der Waals surface area contributed by atoms with Crippen LogP contribution in [-0.2, 0) is 18.4 Å². The quantitative estimate of drug-likeness (QED) is 0.872. The number of para-hydroxylation sites is 1. The first-order chi connectivity index (χ1) is 10.6. The van der Waals surface area contributed by atoms with E-state index in [1.807, 2.05) is 37.5 Å². The molecule has 7 heteroatoms. The number of nitrogens with one attached hydrogen (secondary N) is 1. The zero-order chi connectivity index (χ0) is 16.1. The molecule has 1 atom stereocenters. The third-order valence-electron chi connectivity index (χ3n) is 3.57. The average Bonchev–Trinajstić information content (AvgIpc) is 2.94. The third kappa shape index (κ3) is 4.46. The number of carbonyl (C=O) groups is 1. The summed E-state index contributed by atoms with van der Waals surface area (Å²) in [5.74, 6) is 0.769. The molecule has 1 unspecified atom stereocenters. The topological polar surface area (TPSA) is 59.4 Å². The van der Waals surface area contributed by atoms with Crippen molar-refractivity contribution in [1.29, 1.82) is 0 Å². The zero-order valence-electron chi connectivity index (χ0n) is 13.8. The molecule has 1 heterocycles. The molecule has 0 spiro atoms. The van der Waals surface area contributed by atoms with Crippen LogP contribution in [0, 0.1) is 0 Å². The smallest absolute Gasteiger partial charge is 0.244 e. The fourth-order valence-electron chi connectivity index (χ4n) is 2.41. The number of likely N-dealkylation sites (N-methyl/N-ethyl adjacent to an activating group) is 2. The van der Waals surface area contributed by atoms with Gasteiger partial charge in [-0.1, -0.05) is 18.2 Å². The van der Waals surface area contributed by atoms with E-state index in [1.54, 1.807) is 37.0 Å². The molecule has 0 aliphatic heterocycles. The molecule has 1 N–H and O–H groups in total. The summed E-state index contributed by atoms with van der Waals surface area (Å²) in [5, 5.41) is 7.18.